The van der Waals surface area contributed by atoms with Gasteiger partial charge in [0.15, 0.2) is 0 Å². The zero-order chi connectivity index (χ0) is 28.6. The molecule has 0 spiro atoms. The van der Waals surface area contributed by atoms with E-state index in [-0.39, 0.29) is 31.1 Å². The summed E-state index contributed by atoms with van der Waals surface area (Å²) in [7, 11) is 0. The van der Waals surface area contributed by atoms with Crippen LogP contribution < -0.4 is 21.7 Å². The van der Waals surface area contributed by atoms with Gasteiger partial charge in [0.05, 0.1) is 12.1 Å². The van der Waals surface area contributed by atoms with Crippen LogP contribution in [0.15, 0.2) is 30.5 Å². The van der Waals surface area contributed by atoms with Crippen molar-refractivity contribution in [1.82, 2.24) is 20.9 Å². The van der Waals surface area contributed by atoms with E-state index in [9.17, 15) is 29.4 Å². The molecule has 5 unspecified atom stereocenters. The van der Waals surface area contributed by atoms with E-state index < -0.39 is 54.0 Å². The average molecular weight is 532 g/mol. The number of carbonyl (C=O) groups is 4. The minimum absolute atomic E-state index is 0.00455. The Labute approximate surface area is 222 Å². The Hall–Kier alpha value is -3.44. The number of aromatic amines is 1. The van der Waals surface area contributed by atoms with E-state index in [1.54, 1.807) is 6.20 Å². The summed E-state index contributed by atoms with van der Waals surface area (Å²) in [6.45, 7) is 8.70. The fourth-order valence-electron chi connectivity index (χ4n) is 4.23. The van der Waals surface area contributed by atoms with Crippen molar-refractivity contribution < 1.29 is 29.4 Å². The van der Waals surface area contributed by atoms with Gasteiger partial charge in [0.2, 0.25) is 17.7 Å². The minimum Gasteiger partial charge on any atom is -0.480 e. The standard InChI is InChI=1S/C27H41N5O6/c1-14(2)10-21(30-24(34)19(28)12-17-13-29-20-9-7-6-8-18(17)20)25(35)32-23(16(5)33)26(36)31-22(27(37)38)11-15(3)4/h6-9,13-16,19,21-23,29,33H,10-12,28H2,1-5H3,(H,30,34)(H,31,36)(H,32,35)(H,37,38). The summed E-state index contributed by atoms with van der Waals surface area (Å²) in [5, 5.41) is 28.1. The van der Waals surface area contributed by atoms with E-state index in [1.807, 2.05) is 52.0 Å². The number of hydrogen-bond acceptors (Lipinski definition) is 6. The number of fused-ring (bicyclic) bond motifs is 1. The van der Waals surface area contributed by atoms with Gasteiger partial charge in [-0.25, -0.2) is 4.79 Å². The molecule has 8 N–H and O–H groups in total. The summed E-state index contributed by atoms with van der Waals surface area (Å²) in [4.78, 5) is 53.6. The quantitative estimate of drug-likeness (QED) is 0.190. The van der Waals surface area contributed by atoms with Crippen molar-refractivity contribution in [3.05, 3.63) is 36.0 Å². The maximum atomic E-state index is 13.2. The van der Waals surface area contributed by atoms with E-state index in [1.165, 1.54) is 6.92 Å². The molecule has 11 heteroatoms. The highest BCUT2D eigenvalue weighted by molar-refractivity contribution is 5.94. The number of carboxylic acids is 1. The Kier molecular flexibility index (Phi) is 11.3. The number of carbonyl (C=O) groups excluding carboxylic acids is 3. The lowest BCUT2D eigenvalue weighted by Gasteiger charge is -2.27. The molecule has 0 aliphatic rings. The van der Waals surface area contributed by atoms with Crippen LogP contribution in [0.4, 0.5) is 0 Å². The second-order valence-electron chi connectivity index (χ2n) is 10.6. The number of rotatable bonds is 14. The van der Waals surface area contributed by atoms with Gasteiger partial charge >= 0.3 is 5.97 Å². The molecular formula is C27H41N5O6. The molecule has 2 rings (SSSR count). The molecule has 0 saturated heterocycles. The predicted molar refractivity (Wildman–Crippen MR) is 144 cm³/mol. The van der Waals surface area contributed by atoms with E-state index in [0.29, 0.717) is 0 Å². The van der Waals surface area contributed by atoms with Crippen molar-refractivity contribution in [2.75, 3.05) is 0 Å². The molecule has 38 heavy (non-hydrogen) atoms. The lowest BCUT2D eigenvalue weighted by atomic mass is 10.00. The largest absolute Gasteiger partial charge is 0.480 e. The topological polar surface area (TPSA) is 187 Å². The van der Waals surface area contributed by atoms with Gasteiger partial charge in [0.1, 0.15) is 18.1 Å². The van der Waals surface area contributed by atoms with Gasteiger partial charge in [-0.3, -0.25) is 14.4 Å². The zero-order valence-electron chi connectivity index (χ0n) is 22.7. The first-order valence-corrected chi connectivity index (χ1v) is 12.9. The molecule has 5 atom stereocenters. The van der Waals surface area contributed by atoms with Gasteiger partial charge < -0.3 is 36.9 Å². The Morgan fingerprint density at radius 3 is 2.03 bits per heavy atom. The second kappa shape index (κ2) is 13.9. The van der Waals surface area contributed by atoms with Crippen molar-refractivity contribution >= 4 is 34.6 Å². The van der Waals surface area contributed by atoms with Crippen LogP contribution in [0.1, 0.15) is 53.0 Å². The van der Waals surface area contributed by atoms with Crippen LogP contribution >= 0.6 is 0 Å². The van der Waals surface area contributed by atoms with Crippen LogP contribution in [0.2, 0.25) is 0 Å². The molecule has 0 aliphatic carbocycles. The van der Waals surface area contributed by atoms with Crippen molar-refractivity contribution in [2.24, 2.45) is 17.6 Å². The van der Waals surface area contributed by atoms with Crippen LogP contribution in [0, 0.1) is 11.8 Å². The van der Waals surface area contributed by atoms with E-state index in [2.05, 4.69) is 20.9 Å². The molecule has 11 nitrogen and oxygen atoms in total. The summed E-state index contributed by atoms with van der Waals surface area (Å²) in [5.41, 5.74) is 7.97. The monoisotopic (exact) mass is 531 g/mol. The van der Waals surface area contributed by atoms with Crippen LogP contribution in [-0.2, 0) is 25.6 Å². The van der Waals surface area contributed by atoms with Crippen molar-refractivity contribution in [3.63, 3.8) is 0 Å². The number of carboxylic acid groups (broad SMARTS) is 1. The molecule has 0 bridgehead atoms. The summed E-state index contributed by atoms with van der Waals surface area (Å²) in [6, 6.07) is 3.11. The number of benzene rings is 1. The number of aliphatic carboxylic acids is 1. The number of aliphatic hydroxyl groups excluding tert-OH is 1. The molecule has 0 aliphatic heterocycles. The first-order chi connectivity index (χ1) is 17.8. The summed E-state index contributed by atoms with van der Waals surface area (Å²) in [6.07, 6.45) is 1.17. The zero-order valence-corrected chi connectivity index (χ0v) is 22.7. The average Bonchev–Trinajstić information content (AvgIpc) is 3.23. The van der Waals surface area contributed by atoms with Gasteiger partial charge in [0.25, 0.3) is 0 Å². The molecule has 1 aromatic carbocycles. The molecule has 210 valence electrons. The molecule has 1 heterocycles. The molecule has 0 fully saturated rings. The highest BCUT2D eigenvalue weighted by Gasteiger charge is 2.33. The summed E-state index contributed by atoms with van der Waals surface area (Å²) < 4.78 is 0. The third-order valence-corrected chi connectivity index (χ3v) is 6.18. The molecule has 0 saturated carbocycles. The number of hydrogen-bond donors (Lipinski definition) is 7. The van der Waals surface area contributed by atoms with Crippen LogP contribution in [0.25, 0.3) is 10.9 Å². The lowest BCUT2D eigenvalue weighted by Crippen LogP contribution is -2.60. The van der Waals surface area contributed by atoms with Crippen LogP contribution in [0.3, 0.4) is 0 Å². The fourth-order valence-corrected chi connectivity index (χ4v) is 4.23. The van der Waals surface area contributed by atoms with Crippen LogP contribution in [0.5, 0.6) is 0 Å². The second-order valence-corrected chi connectivity index (χ2v) is 10.6. The lowest BCUT2D eigenvalue weighted by molar-refractivity contribution is -0.143. The number of aromatic nitrogens is 1. The number of para-hydroxylation sites is 1. The van der Waals surface area contributed by atoms with Crippen molar-refractivity contribution in [2.45, 2.75) is 84.2 Å². The number of aliphatic hydroxyl groups is 1. The van der Waals surface area contributed by atoms with Gasteiger partial charge in [-0.1, -0.05) is 45.9 Å². The van der Waals surface area contributed by atoms with Crippen LogP contribution in [-0.4, -0.2) is 69.2 Å². The Morgan fingerprint density at radius 2 is 1.45 bits per heavy atom. The highest BCUT2D eigenvalue weighted by atomic mass is 16.4. The Balaban J connectivity index is 2.11. The first kappa shape index (κ1) is 30.8. The number of H-pyrrole nitrogens is 1. The first-order valence-electron chi connectivity index (χ1n) is 12.9. The van der Waals surface area contributed by atoms with Crippen molar-refractivity contribution in [3.8, 4) is 0 Å². The third-order valence-electron chi connectivity index (χ3n) is 6.18. The molecule has 3 amide bonds. The predicted octanol–water partition coefficient (Wildman–Crippen LogP) is 1.05. The van der Waals surface area contributed by atoms with E-state index >= 15 is 0 Å². The minimum atomic E-state index is -1.41. The fraction of sp³-hybridized carbons (Fsp3) is 0.556. The van der Waals surface area contributed by atoms with Crippen molar-refractivity contribution in [1.29, 1.82) is 0 Å². The number of nitrogens with two attached hydrogens (primary N) is 1. The molecule has 2 aromatic rings. The molecule has 1 aromatic heterocycles. The summed E-state index contributed by atoms with van der Waals surface area (Å²) in [5.74, 6) is -3.24. The Bertz CT molecular complexity index is 1110. The van der Waals surface area contributed by atoms with E-state index in [4.69, 9.17) is 5.73 Å². The third kappa shape index (κ3) is 8.84. The van der Waals surface area contributed by atoms with Gasteiger partial charge in [0, 0.05) is 17.1 Å². The number of nitrogens with one attached hydrogen (secondary N) is 4. The van der Waals surface area contributed by atoms with Gasteiger partial charge in [-0.15, -0.1) is 0 Å². The highest BCUT2D eigenvalue weighted by Crippen LogP contribution is 2.19. The molecular weight excluding hydrogens is 490 g/mol. The number of amides is 3. The normalized spacial score (nSPS) is 15.5. The Morgan fingerprint density at radius 1 is 0.868 bits per heavy atom. The maximum absolute atomic E-state index is 13.2. The smallest absolute Gasteiger partial charge is 0.326 e. The maximum Gasteiger partial charge on any atom is 0.326 e. The molecule has 0 radical (unpaired) electrons. The summed E-state index contributed by atoms with van der Waals surface area (Å²) >= 11 is 0. The SMILES string of the molecule is CC(C)CC(NC(=O)C(NC(=O)C(CC(C)C)NC(=O)C(N)Cc1c[nH]c2ccccc12)C(C)O)C(=O)O. The van der Waals surface area contributed by atoms with Gasteiger partial charge in [-0.2, -0.15) is 0 Å². The van der Waals surface area contributed by atoms with Gasteiger partial charge in [-0.05, 0) is 49.7 Å². The van der Waals surface area contributed by atoms with E-state index in [0.717, 1.165) is 16.5 Å².